The Morgan fingerprint density at radius 2 is 1.88 bits per heavy atom. The van der Waals surface area contributed by atoms with Crippen molar-refractivity contribution in [3.05, 3.63) is 47.3 Å². The first kappa shape index (κ1) is 17.6. The van der Waals surface area contributed by atoms with Crippen LogP contribution in [0.3, 0.4) is 0 Å². The van der Waals surface area contributed by atoms with Crippen LogP contribution in [0.2, 0.25) is 0 Å². The van der Waals surface area contributed by atoms with E-state index in [9.17, 15) is 18.0 Å². The highest BCUT2D eigenvalue weighted by Gasteiger charge is 2.31. The zero-order chi connectivity index (χ0) is 18.0. The van der Waals surface area contributed by atoms with E-state index in [4.69, 9.17) is 9.84 Å². The molecule has 1 amide bonds. The molecule has 1 saturated heterocycles. The van der Waals surface area contributed by atoms with Crippen molar-refractivity contribution in [1.82, 2.24) is 4.90 Å². The first-order valence-electron chi connectivity index (χ1n) is 7.43. The number of hydrogen-bond donors (Lipinski definition) is 1. The number of carbonyl (C=O) groups excluding carboxylic acids is 1. The van der Waals surface area contributed by atoms with Gasteiger partial charge < -0.3 is 14.7 Å². The van der Waals surface area contributed by atoms with E-state index >= 15 is 0 Å². The number of amides is 1. The second kappa shape index (κ2) is 6.95. The van der Waals surface area contributed by atoms with Crippen LogP contribution in [0.4, 0.5) is 0 Å². The number of rotatable bonds is 4. The third-order valence-corrected chi connectivity index (χ3v) is 7.07. The molecular weight excluding hydrogens is 366 g/mol. The van der Waals surface area contributed by atoms with E-state index < -0.39 is 27.8 Å². The smallest absolute Gasteiger partial charge is 0.334 e. The topological polar surface area (TPSA) is 101 Å². The second-order valence-corrected chi connectivity index (χ2v) is 8.64. The van der Waals surface area contributed by atoms with E-state index in [1.165, 1.54) is 29.2 Å². The molecule has 9 heteroatoms. The van der Waals surface area contributed by atoms with Crippen LogP contribution in [0.15, 0.2) is 51.6 Å². The predicted molar refractivity (Wildman–Crippen MR) is 89.5 cm³/mol. The lowest BCUT2D eigenvalue weighted by Crippen LogP contribution is -2.48. The highest BCUT2D eigenvalue weighted by Crippen LogP contribution is 2.28. The molecule has 25 heavy (non-hydrogen) atoms. The maximum Gasteiger partial charge on any atom is 0.334 e. The van der Waals surface area contributed by atoms with Crippen LogP contribution in [0.1, 0.15) is 9.67 Å². The van der Waals surface area contributed by atoms with E-state index in [0.717, 1.165) is 11.3 Å². The average molecular weight is 381 g/mol. The number of benzene rings is 1. The maximum absolute atomic E-state index is 12.6. The molecule has 7 nitrogen and oxygen atoms in total. The molecule has 1 fully saturated rings. The largest absolute Gasteiger partial charge is 0.479 e. The number of thiophene rings is 1. The number of carboxylic acids is 1. The molecule has 0 spiro atoms. The fourth-order valence-corrected chi connectivity index (χ4v) is 5.13. The van der Waals surface area contributed by atoms with Gasteiger partial charge in [0.1, 0.15) is 4.21 Å². The number of carboxylic acid groups (broad SMARTS) is 1. The van der Waals surface area contributed by atoms with E-state index in [-0.39, 0.29) is 33.7 Å². The highest BCUT2D eigenvalue weighted by molar-refractivity contribution is 7.93. The molecule has 2 aromatic rings. The van der Waals surface area contributed by atoms with Crippen LogP contribution < -0.4 is 0 Å². The minimum atomic E-state index is -3.68. The Bertz CT molecular complexity index is 890. The predicted octanol–water partition coefficient (Wildman–Crippen LogP) is 1.51. The van der Waals surface area contributed by atoms with E-state index in [2.05, 4.69) is 0 Å². The summed E-state index contributed by atoms with van der Waals surface area (Å²) in [6.07, 6.45) is -1.06. The third kappa shape index (κ3) is 3.58. The van der Waals surface area contributed by atoms with E-state index in [1.807, 2.05) is 0 Å². The Balaban J connectivity index is 1.82. The Morgan fingerprint density at radius 1 is 1.16 bits per heavy atom. The molecule has 1 atom stereocenters. The summed E-state index contributed by atoms with van der Waals surface area (Å²) < 4.78 is 30.3. The third-order valence-electron chi connectivity index (χ3n) is 3.74. The minimum absolute atomic E-state index is 0.0627. The molecule has 1 N–H and O–H groups in total. The van der Waals surface area contributed by atoms with Crippen molar-refractivity contribution in [3.8, 4) is 0 Å². The van der Waals surface area contributed by atoms with Gasteiger partial charge in [0.25, 0.3) is 5.91 Å². The summed E-state index contributed by atoms with van der Waals surface area (Å²) in [7, 11) is -3.68. The molecule has 0 bridgehead atoms. The van der Waals surface area contributed by atoms with Gasteiger partial charge in [-0.25, -0.2) is 13.2 Å². The van der Waals surface area contributed by atoms with Gasteiger partial charge in [-0.2, -0.15) is 0 Å². The van der Waals surface area contributed by atoms with Crippen LogP contribution in [0.5, 0.6) is 0 Å². The quantitative estimate of drug-likeness (QED) is 0.861. The van der Waals surface area contributed by atoms with Gasteiger partial charge in [-0.05, 0) is 24.3 Å². The molecule has 0 aliphatic carbocycles. The van der Waals surface area contributed by atoms with E-state index in [0.29, 0.717) is 0 Å². The van der Waals surface area contributed by atoms with Gasteiger partial charge in [-0.1, -0.05) is 18.2 Å². The lowest BCUT2D eigenvalue weighted by Gasteiger charge is -2.30. The van der Waals surface area contributed by atoms with Crippen molar-refractivity contribution in [2.45, 2.75) is 15.2 Å². The van der Waals surface area contributed by atoms with Gasteiger partial charge in [0.2, 0.25) is 9.84 Å². The highest BCUT2D eigenvalue weighted by atomic mass is 32.2. The molecule has 1 aromatic heterocycles. The maximum atomic E-state index is 12.6. The van der Waals surface area contributed by atoms with Crippen molar-refractivity contribution in [2.75, 3.05) is 19.7 Å². The molecule has 1 aliphatic heterocycles. The van der Waals surface area contributed by atoms with Gasteiger partial charge in [-0.3, -0.25) is 4.79 Å². The second-order valence-electron chi connectivity index (χ2n) is 5.38. The lowest BCUT2D eigenvalue weighted by molar-refractivity contribution is -0.154. The van der Waals surface area contributed by atoms with Crippen LogP contribution in [0, 0.1) is 0 Å². The van der Waals surface area contributed by atoms with Gasteiger partial charge >= 0.3 is 5.97 Å². The Morgan fingerprint density at radius 3 is 2.56 bits per heavy atom. The number of nitrogens with zero attached hydrogens (tertiary/aromatic N) is 1. The summed E-state index contributed by atoms with van der Waals surface area (Å²) in [6.45, 7) is 0.331. The van der Waals surface area contributed by atoms with E-state index in [1.54, 1.807) is 18.2 Å². The van der Waals surface area contributed by atoms with Crippen molar-refractivity contribution in [3.63, 3.8) is 0 Å². The molecule has 1 aliphatic rings. The molecule has 3 rings (SSSR count). The van der Waals surface area contributed by atoms with Crippen LogP contribution in [-0.4, -0.2) is 56.1 Å². The standard InChI is InChI=1S/C16H15NO6S2/c18-15(17-8-9-23-12(10-17)16(19)20)13-6-7-14(24-13)25(21,22)11-4-2-1-3-5-11/h1-7,12H,8-10H2,(H,19,20). The van der Waals surface area contributed by atoms with Crippen LogP contribution in [-0.2, 0) is 19.4 Å². The van der Waals surface area contributed by atoms with Gasteiger partial charge in [0.15, 0.2) is 6.10 Å². The van der Waals surface area contributed by atoms with Gasteiger partial charge in [0.05, 0.1) is 22.9 Å². The monoisotopic (exact) mass is 381 g/mol. The molecule has 132 valence electrons. The van der Waals surface area contributed by atoms with Crippen molar-refractivity contribution >= 4 is 33.1 Å². The number of hydrogen-bond acceptors (Lipinski definition) is 6. The van der Waals surface area contributed by atoms with Crippen molar-refractivity contribution < 1.29 is 27.9 Å². The Labute approximate surface area is 148 Å². The molecule has 2 heterocycles. The average Bonchev–Trinajstić information content (AvgIpc) is 3.13. The van der Waals surface area contributed by atoms with Gasteiger partial charge in [-0.15, -0.1) is 11.3 Å². The fourth-order valence-electron chi connectivity index (χ4n) is 2.43. The molecular formula is C16H15NO6S2. The summed E-state index contributed by atoms with van der Waals surface area (Å²) in [5, 5.41) is 9.01. The number of sulfone groups is 1. The number of ether oxygens (including phenoxy) is 1. The summed E-state index contributed by atoms with van der Waals surface area (Å²) in [5.41, 5.74) is 0. The Hall–Kier alpha value is -2.23. The fraction of sp³-hybridized carbons (Fsp3) is 0.250. The zero-order valence-electron chi connectivity index (χ0n) is 13.0. The van der Waals surface area contributed by atoms with Gasteiger partial charge in [0, 0.05) is 6.54 Å². The van der Waals surface area contributed by atoms with Crippen LogP contribution in [0.25, 0.3) is 0 Å². The molecule has 0 radical (unpaired) electrons. The number of carbonyl (C=O) groups is 2. The molecule has 0 saturated carbocycles. The number of morpholine rings is 1. The normalized spacial score (nSPS) is 18.1. The van der Waals surface area contributed by atoms with Crippen molar-refractivity contribution in [2.24, 2.45) is 0 Å². The first-order chi connectivity index (χ1) is 11.9. The van der Waals surface area contributed by atoms with Crippen molar-refractivity contribution in [1.29, 1.82) is 0 Å². The molecule has 1 unspecified atom stereocenters. The summed E-state index contributed by atoms with van der Waals surface area (Å²) in [6, 6.07) is 10.8. The summed E-state index contributed by atoms with van der Waals surface area (Å²) >= 11 is 0.879. The SMILES string of the molecule is O=C(O)C1CN(C(=O)c2ccc(S(=O)(=O)c3ccccc3)s2)CCO1. The molecule has 1 aromatic carbocycles. The lowest BCUT2D eigenvalue weighted by atomic mass is 10.2. The first-order valence-corrected chi connectivity index (χ1v) is 9.73. The number of aliphatic carboxylic acids is 1. The minimum Gasteiger partial charge on any atom is -0.479 e. The summed E-state index contributed by atoms with van der Waals surface area (Å²) in [4.78, 5) is 25.3. The Kier molecular flexibility index (Phi) is 4.89. The van der Waals surface area contributed by atoms with Crippen LogP contribution >= 0.6 is 11.3 Å². The summed E-state index contributed by atoms with van der Waals surface area (Å²) in [5.74, 6) is -1.52. The zero-order valence-corrected chi connectivity index (χ0v) is 14.6.